The molecule has 1 unspecified atom stereocenters. The van der Waals surface area contributed by atoms with E-state index in [2.05, 4.69) is 5.16 Å². The number of hydrogen-bond acceptors (Lipinski definition) is 4. The van der Waals surface area contributed by atoms with Gasteiger partial charge in [0.05, 0.1) is 0 Å². The fourth-order valence-electron chi connectivity index (χ4n) is 2.78. The van der Waals surface area contributed by atoms with Gasteiger partial charge in [0, 0.05) is 31.5 Å². The maximum atomic E-state index is 12.3. The highest BCUT2D eigenvalue weighted by molar-refractivity contribution is 5.92. The number of amides is 1. The maximum Gasteiger partial charge on any atom is 0.303 e. The molecule has 2 fully saturated rings. The van der Waals surface area contributed by atoms with Crippen LogP contribution in [-0.4, -0.2) is 40.1 Å². The van der Waals surface area contributed by atoms with Gasteiger partial charge >= 0.3 is 5.97 Å². The molecule has 108 valence electrons. The van der Waals surface area contributed by atoms with E-state index in [-0.39, 0.29) is 18.2 Å². The largest absolute Gasteiger partial charge is 0.481 e. The lowest BCUT2D eigenvalue weighted by Gasteiger charge is -2.31. The molecule has 1 saturated heterocycles. The fourth-order valence-corrected chi connectivity index (χ4v) is 2.78. The number of carboxylic acids is 1. The summed E-state index contributed by atoms with van der Waals surface area (Å²) in [7, 11) is 0. The average Bonchev–Trinajstić information content (AvgIpc) is 3.15. The van der Waals surface area contributed by atoms with E-state index in [1.54, 1.807) is 11.0 Å². The van der Waals surface area contributed by atoms with Crippen molar-refractivity contribution in [2.24, 2.45) is 5.92 Å². The number of aromatic nitrogens is 1. The van der Waals surface area contributed by atoms with Crippen molar-refractivity contribution in [2.75, 3.05) is 13.1 Å². The van der Waals surface area contributed by atoms with Gasteiger partial charge in [0.2, 0.25) is 0 Å². The summed E-state index contributed by atoms with van der Waals surface area (Å²) in [5.41, 5.74) is 0.350. The minimum Gasteiger partial charge on any atom is -0.481 e. The lowest BCUT2D eigenvalue weighted by atomic mass is 9.94. The molecule has 0 aromatic carbocycles. The Kier molecular flexibility index (Phi) is 3.46. The molecule has 20 heavy (non-hydrogen) atoms. The van der Waals surface area contributed by atoms with Gasteiger partial charge < -0.3 is 14.5 Å². The summed E-state index contributed by atoms with van der Waals surface area (Å²) in [6.07, 6.45) is 4.04. The lowest BCUT2D eigenvalue weighted by molar-refractivity contribution is -0.138. The van der Waals surface area contributed by atoms with Crippen molar-refractivity contribution in [3.05, 3.63) is 17.5 Å². The van der Waals surface area contributed by atoms with Crippen molar-refractivity contribution < 1.29 is 19.2 Å². The van der Waals surface area contributed by atoms with Crippen LogP contribution in [0.2, 0.25) is 0 Å². The molecule has 3 rings (SSSR count). The van der Waals surface area contributed by atoms with Crippen LogP contribution < -0.4 is 0 Å². The quantitative estimate of drug-likeness (QED) is 0.909. The highest BCUT2D eigenvalue weighted by Gasteiger charge is 2.31. The number of carboxylic acid groups (broad SMARTS) is 1. The Balaban J connectivity index is 1.64. The van der Waals surface area contributed by atoms with Crippen LogP contribution in [-0.2, 0) is 4.79 Å². The number of rotatable bonds is 4. The average molecular weight is 278 g/mol. The van der Waals surface area contributed by atoms with Gasteiger partial charge in [0.1, 0.15) is 5.76 Å². The predicted molar refractivity (Wildman–Crippen MR) is 69.4 cm³/mol. The fraction of sp³-hybridized carbons (Fsp3) is 0.643. The topological polar surface area (TPSA) is 83.6 Å². The molecule has 1 aliphatic carbocycles. The molecule has 1 atom stereocenters. The molecule has 6 nitrogen and oxygen atoms in total. The SMILES string of the molecule is O=C(O)CC1CCCN(C(=O)c2cc(C3CC3)on2)C1. The van der Waals surface area contributed by atoms with Crippen molar-refractivity contribution in [3.63, 3.8) is 0 Å². The van der Waals surface area contributed by atoms with Gasteiger partial charge in [-0.25, -0.2) is 0 Å². The first-order chi connectivity index (χ1) is 9.63. The second-order valence-electron chi connectivity index (χ2n) is 5.75. The minimum absolute atomic E-state index is 0.0417. The number of aliphatic carboxylic acids is 1. The zero-order valence-corrected chi connectivity index (χ0v) is 11.2. The normalized spacial score (nSPS) is 22.8. The third-order valence-corrected chi connectivity index (χ3v) is 4.00. The van der Waals surface area contributed by atoms with E-state index in [9.17, 15) is 9.59 Å². The first-order valence-corrected chi connectivity index (χ1v) is 7.11. The molecular weight excluding hydrogens is 260 g/mol. The second kappa shape index (κ2) is 5.26. The highest BCUT2D eigenvalue weighted by Crippen LogP contribution is 2.40. The van der Waals surface area contributed by atoms with Gasteiger partial charge in [-0.1, -0.05) is 5.16 Å². The summed E-state index contributed by atoms with van der Waals surface area (Å²) < 4.78 is 5.20. The molecule has 1 amide bonds. The van der Waals surface area contributed by atoms with E-state index in [0.29, 0.717) is 24.7 Å². The van der Waals surface area contributed by atoms with Crippen LogP contribution in [0, 0.1) is 5.92 Å². The molecule has 2 aliphatic rings. The van der Waals surface area contributed by atoms with E-state index in [4.69, 9.17) is 9.63 Å². The molecule has 1 N–H and O–H groups in total. The molecule has 2 heterocycles. The molecule has 6 heteroatoms. The van der Waals surface area contributed by atoms with E-state index < -0.39 is 5.97 Å². The number of hydrogen-bond donors (Lipinski definition) is 1. The van der Waals surface area contributed by atoms with Crippen molar-refractivity contribution in [2.45, 2.75) is 38.0 Å². The second-order valence-corrected chi connectivity index (χ2v) is 5.75. The smallest absolute Gasteiger partial charge is 0.303 e. The molecular formula is C14H18N2O4. The van der Waals surface area contributed by atoms with Gasteiger partial charge in [-0.15, -0.1) is 0 Å². The Hall–Kier alpha value is -1.85. The number of likely N-dealkylation sites (tertiary alicyclic amines) is 1. The van der Waals surface area contributed by atoms with Crippen LogP contribution in [0.1, 0.15) is 54.3 Å². The van der Waals surface area contributed by atoms with Gasteiger partial charge in [-0.2, -0.15) is 0 Å². The summed E-state index contributed by atoms with van der Waals surface area (Å²) in [5, 5.41) is 12.7. The van der Waals surface area contributed by atoms with E-state index in [1.807, 2.05) is 0 Å². The summed E-state index contributed by atoms with van der Waals surface area (Å²) in [5.74, 6) is 0.329. The van der Waals surface area contributed by atoms with E-state index in [0.717, 1.165) is 31.4 Å². The summed E-state index contributed by atoms with van der Waals surface area (Å²) in [6.45, 7) is 1.16. The standard InChI is InChI=1S/C14H18N2O4/c17-13(18)6-9-2-1-5-16(8-9)14(19)11-7-12(20-15-11)10-3-4-10/h7,9-10H,1-6,8H2,(H,17,18). The molecule has 1 saturated carbocycles. The van der Waals surface area contributed by atoms with Crippen LogP contribution >= 0.6 is 0 Å². The first kappa shape index (κ1) is 13.1. The molecule has 1 aromatic rings. The van der Waals surface area contributed by atoms with Crippen molar-refractivity contribution in [1.82, 2.24) is 10.1 Å². The maximum absolute atomic E-state index is 12.3. The third-order valence-electron chi connectivity index (χ3n) is 4.00. The first-order valence-electron chi connectivity index (χ1n) is 7.11. The lowest BCUT2D eigenvalue weighted by Crippen LogP contribution is -2.40. The molecule has 0 radical (unpaired) electrons. The van der Waals surface area contributed by atoms with Crippen LogP contribution in [0.3, 0.4) is 0 Å². The Morgan fingerprint density at radius 1 is 1.40 bits per heavy atom. The van der Waals surface area contributed by atoms with Crippen molar-refractivity contribution in [3.8, 4) is 0 Å². The van der Waals surface area contributed by atoms with E-state index >= 15 is 0 Å². The summed E-state index contributed by atoms with van der Waals surface area (Å²) in [4.78, 5) is 24.8. The Morgan fingerprint density at radius 3 is 2.90 bits per heavy atom. The van der Waals surface area contributed by atoms with Crippen LogP contribution in [0.25, 0.3) is 0 Å². The van der Waals surface area contributed by atoms with Gasteiger partial charge in [-0.3, -0.25) is 9.59 Å². The van der Waals surface area contributed by atoms with Gasteiger partial charge in [0.15, 0.2) is 5.69 Å². The monoisotopic (exact) mass is 278 g/mol. The Morgan fingerprint density at radius 2 is 2.20 bits per heavy atom. The molecule has 0 bridgehead atoms. The van der Waals surface area contributed by atoms with Crippen LogP contribution in [0.4, 0.5) is 0 Å². The van der Waals surface area contributed by atoms with Crippen molar-refractivity contribution >= 4 is 11.9 Å². The Labute approximate surface area is 116 Å². The van der Waals surface area contributed by atoms with Crippen LogP contribution in [0.15, 0.2) is 10.6 Å². The van der Waals surface area contributed by atoms with Gasteiger partial charge in [-0.05, 0) is 31.6 Å². The zero-order chi connectivity index (χ0) is 14.1. The predicted octanol–water partition coefficient (Wildman–Crippen LogP) is 1.88. The van der Waals surface area contributed by atoms with E-state index in [1.165, 1.54) is 0 Å². The zero-order valence-electron chi connectivity index (χ0n) is 11.2. The Bertz CT molecular complexity index is 521. The summed E-state index contributed by atoms with van der Waals surface area (Å²) in [6, 6.07) is 1.74. The highest BCUT2D eigenvalue weighted by atomic mass is 16.5. The number of piperidine rings is 1. The molecule has 1 aliphatic heterocycles. The van der Waals surface area contributed by atoms with Gasteiger partial charge in [0.25, 0.3) is 5.91 Å². The molecule has 1 aromatic heterocycles. The number of carbonyl (C=O) groups excluding carboxylic acids is 1. The van der Waals surface area contributed by atoms with Crippen LogP contribution in [0.5, 0.6) is 0 Å². The summed E-state index contributed by atoms with van der Waals surface area (Å²) >= 11 is 0. The minimum atomic E-state index is -0.804. The number of nitrogens with zero attached hydrogens (tertiary/aromatic N) is 2. The molecule has 0 spiro atoms. The number of carbonyl (C=O) groups is 2. The van der Waals surface area contributed by atoms with Crippen molar-refractivity contribution in [1.29, 1.82) is 0 Å². The third kappa shape index (κ3) is 2.84.